The lowest BCUT2D eigenvalue weighted by Crippen LogP contribution is -2.04. The van der Waals surface area contributed by atoms with Crippen molar-refractivity contribution in [1.82, 2.24) is 4.98 Å². The van der Waals surface area contributed by atoms with Gasteiger partial charge in [-0.3, -0.25) is 4.79 Å². The van der Waals surface area contributed by atoms with E-state index in [1.807, 2.05) is 0 Å². The van der Waals surface area contributed by atoms with Crippen LogP contribution >= 0.6 is 11.6 Å². The summed E-state index contributed by atoms with van der Waals surface area (Å²) in [6.45, 7) is 0. The van der Waals surface area contributed by atoms with Crippen molar-refractivity contribution in [3.8, 4) is 11.5 Å². The molecule has 0 spiro atoms. The third kappa shape index (κ3) is 2.21. The summed E-state index contributed by atoms with van der Waals surface area (Å²) < 4.78 is 0. The van der Waals surface area contributed by atoms with E-state index in [2.05, 4.69) is 4.98 Å². The third-order valence-electron chi connectivity index (χ3n) is 2.21. The maximum atomic E-state index is 12.0. The van der Waals surface area contributed by atoms with Gasteiger partial charge in [-0.1, -0.05) is 11.6 Å². The average molecular weight is 250 g/mol. The Bertz CT molecular complexity index is 584. The SMILES string of the molecule is O=C(c1ccc(Cl)cc1O)c1ncccc1O. The normalized spacial score (nSPS) is 10.2. The van der Waals surface area contributed by atoms with Gasteiger partial charge in [0.05, 0.1) is 5.56 Å². The smallest absolute Gasteiger partial charge is 0.218 e. The second-order valence-electron chi connectivity index (χ2n) is 3.36. The van der Waals surface area contributed by atoms with Gasteiger partial charge in [0.15, 0.2) is 5.69 Å². The van der Waals surface area contributed by atoms with Crippen molar-refractivity contribution in [3.63, 3.8) is 0 Å². The third-order valence-corrected chi connectivity index (χ3v) is 2.44. The Kier molecular flexibility index (Phi) is 2.97. The maximum absolute atomic E-state index is 12.0. The van der Waals surface area contributed by atoms with Gasteiger partial charge in [-0.15, -0.1) is 0 Å². The average Bonchev–Trinajstić information content (AvgIpc) is 2.29. The van der Waals surface area contributed by atoms with Gasteiger partial charge < -0.3 is 10.2 Å². The first-order chi connectivity index (χ1) is 8.09. The number of hydrogen-bond acceptors (Lipinski definition) is 4. The van der Waals surface area contributed by atoms with Crippen LogP contribution in [0.3, 0.4) is 0 Å². The highest BCUT2D eigenvalue weighted by Gasteiger charge is 2.18. The Morgan fingerprint density at radius 2 is 1.94 bits per heavy atom. The van der Waals surface area contributed by atoms with E-state index in [1.54, 1.807) is 0 Å². The molecule has 2 N–H and O–H groups in total. The Morgan fingerprint density at radius 1 is 1.18 bits per heavy atom. The molecule has 0 amide bonds. The van der Waals surface area contributed by atoms with Crippen molar-refractivity contribution in [2.45, 2.75) is 0 Å². The second-order valence-corrected chi connectivity index (χ2v) is 3.80. The number of pyridine rings is 1. The van der Waals surface area contributed by atoms with E-state index in [1.165, 1.54) is 36.5 Å². The highest BCUT2D eigenvalue weighted by atomic mass is 35.5. The number of ketones is 1. The van der Waals surface area contributed by atoms with Crippen LogP contribution in [0.15, 0.2) is 36.5 Å². The molecule has 0 aliphatic heterocycles. The Hall–Kier alpha value is -2.07. The van der Waals surface area contributed by atoms with E-state index in [0.29, 0.717) is 5.02 Å². The van der Waals surface area contributed by atoms with Crippen LogP contribution in [0, 0.1) is 0 Å². The molecule has 2 rings (SSSR count). The molecule has 0 unspecified atom stereocenters. The fourth-order valence-electron chi connectivity index (χ4n) is 1.40. The van der Waals surface area contributed by atoms with Crippen molar-refractivity contribution >= 4 is 17.4 Å². The van der Waals surface area contributed by atoms with Crippen molar-refractivity contribution in [2.24, 2.45) is 0 Å². The van der Waals surface area contributed by atoms with E-state index in [-0.39, 0.29) is 22.8 Å². The number of nitrogens with zero attached hydrogens (tertiary/aromatic N) is 1. The first kappa shape index (κ1) is 11.4. The molecule has 0 radical (unpaired) electrons. The van der Waals surface area contributed by atoms with Crippen LogP contribution in [0.25, 0.3) is 0 Å². The van der Waals surface area contributed by atoms with Crippen LogP contribution < -0.4 is 0 Å². The quantitative estimate of drug-likeness (QED) is 0.802. The topological polar surface area (TPSA) is 70.4 Å². The fourth-order valence-corrected chi connectivity index (χ4v) is 1.56. The Balaban J connectivity index is 2.48. The van der Waals surface area contributed by atoms with Gasteiger partial charge in [-0.05, 0) is 30.3 Å². The molecule has 1 heterocycles. The molecule has 0 aliphatic carbocycles. The number of aromatic nitrogens is 1. The van der Waals surface area contributed by atoms with E-state index in [0.717, 1.165) is 0 Å². The lowest BCUT2D eigenvalue weighted by atomic mass is 10.1. The summed E-state index contributed by atoms with van der Waals surface area (Å²) in [5, 5.41) is 19.4. The van der Waals surface area contributed by atoms with Crippen LogP contribution in [0.5, 0.6) is 11.5 Å². The molecule has 2 aromatic rings. The van der Waals surface area contributed by atoms with Gasteiger partial charge in [0, 0.05) is 11.2 Å². The van der Waals surface area contributed by atoms with Crippen LogP contribution in [0.4, 0.5) is 0 Å². The van der Waals surface area contributed by atoms with Crippen LogP contribution in [0.2, 0.25) is 5.02 Å². The molecule has 0 saturated heterocycles. The minimum atomic E-state index is -0.558. The molecular formula is C12H8ClNO3. The first-order valence-corrected chi connectivity index (χ1v) is 5.14. The minimum absolute atomic E-state index is 0.0448. The standard InChI is InChI=1S/C12H8ClNO3/c13-7-3-4-8(10(16)6-7)12(17)11-9(15)2-1-5-14-11/h1-6,15-16H. The molecule has 5 heteroatoms. The summed E-state index contributed by atoms with van der Waals surface area (Å²) in [6, 6.07) is 6.98. The molecule has 0 atom stereocenters. The number of benzene rings is 1. The number of halogens is 1. The zero-order valence-corrected chi connectivity index (χ0v) is 9.35. The molecule has 0 aliphatic rings. The van der Waals surface area contributed by atoms with E-state index >= 15 is 0 Å². The van der Waals surface area contributed by atoms with Gasteiger partial charge in [0.1, 0.15) is 11.5 Å². The zero-order valence-electron chi connectivity index (χ0n) is 8.59. The molecule has 1 aromatic carbocycles. The predicted molar refractivity (Wildman–Crippen MR) is 62.5 cm³/mol. The molecule has 17 heavy (non-hydrogen) atoms. The van der Waals surface area contributed by atoms with Gasteiger partial charge in [-0.2, -0.15) is 0 Å². The summed E-state index contributed by atoms with van der Waals surface area (Å²) >= 11 is 5.66. The summed E-state index contributed by atoms with van der Waals surface area (Å²) in [6.07, 6.45) is 1.39. The number of rotatable bonds is 2. The molecule has 86 valence electrons. The van der Waals surface area contributed by atoms with Crippen molar-refractivity contribution in [1.29, 1.82) is 0 Å². The monoisotopic (exact) mass is 249 g/mol. The summed E-state index contributed by atoms with van der Waals surface area (Å²) in [5.74, 6) is -1.03. The summed E-state index contributed by atoms with van der Waals surface area (Å²) in [7, 11) is 0. The molecule has 0 fully saturated rings. The number of phenolic OH excluding ortho intramolecular Hbond substituents is 1. The zero-order chi connectivity index (χ0) is 12.4. The van der Waals surface area contributed by atoms with Crippen LogP contribution in [-0.4, -0.2) is 21.0 Å². The van der Waals surface area contributed by atoms with Gasteiger partial charge in [0.25, 0.3) is 0 Å². The lowest BCUT2D eigenvalue weighted by molar-refractivity contribution is 0.102. The van der Waals surface area contributed by atoms with Gasteiger partial charge in [-0.25, -0.2) is 4.98 Å². The summed E-state index contributed by atoms with van der Waals surface area (Å²) in [5.41, 5.74) is -0.0616. The largest absolute Gasteiger partial charge is 0.507 e. The second kappa shape index (κ2) is 4.43. The Labute approximate surface area is 102 Å². The molecule has 0 saturated carbocycles. The van der Waals surface area contributed by atoms with E-state index < -0.39 is 5.78 Å². The van der Waals surface area contributed by atoms with E-state index in [4.69, 9.17) is 11.6 Å². The number of aromatic hydroxyl groups is 2. The van der Waals surface area contributed by atoms with Crippen LogP contribution in [-0.2, 0) is 0 Å². The Morgan fingerprint density at radius 3 is 2.59 bits per heavy atom. The fraction of sp³-hybridized carbons (Fsp3) is 0. The predicted octanol–water partition coefficient (Wildman–Crippen LogP) is 2.38. The molecule has 0 bridgehead atoms. The van der Waals surface area contributed by atoms with E-state index in [9.17, 15) is 15.0 Å². The van der Waals surface area contributed by atoms with Crippen molar-refractivity contribution < 1.29 is 15.0 Å². The maximum Gasteiger partial charge on any atom is 0.218 e. The number of carbonyl (C=O) groups is 1. The lowest BCUT2D eigenvalue weighted by Gasteiger charge is -2.04. The van der Waals surface area contributed by atoms with Crippen LogP contribution in [0.1, 0.15) is 16.1 Å². The molecular weight excluding hydrogens is 242 g/mol. The highest BCUT2D eigenvalue weighted by Crippen LogP contribution is 2.26. The molecule has 1 aromatic heterocycles. The highest BCUT2D eigenvalue weighted by molar-refractivity contribution is 6.31. The van der Waals surface area contributed by atoms with Crippen molar-refractivity contribution in [3.05, 3.63) is 52.8 Å². The van der Waals surface area contributed by atoms with Crippen molar-refractivity contribution in [2.75, 3.05) is 0 Å². The molecule has 4 nitrogen and oxygen atoms in total. The summed E-state index contributed by atoms with van der Waals surface area (Å²) in [4.78, 5) is 15.7. The number of phenols is 1. The number of hydrogen-bond donors (Lipinski definition) is 2. The van der Waals surface area contributed by atoms with Gasteiger partial charge in [0.2, 0.25) is 5.78 Å². The van der Waals surface area contributed by atoms with Gasteiger partial charge >= 0.3 is 0 Å². The minimum Gasteiger partial charge on any atom is -0.507 e. The number of carbonyl (C=O) groups excluding carboxylic acids is 1. The first-order valence-electron chi connectivity index (χ1n) is 4.77.